The minimum Gasteiger partial charge on any atom is -0.326 e. The Bertz CT molecular complexity index is 453. The first-order chi connectivity index (χ1) is 7.70. The number of hydrogen-bond donors (Lipinski definition) is 1. The molecule has 2 N–H and O–H groups in total. The Morgan fingerprint density at radius 2 is 2.12 bits per heavy atom. The van der Waals surface area contributed by atoms with Gasteiger partial charge in [0.2, 0.25) is 0 Å². The highest BCUT2D eigenvalue weighted by atomic mass is 79.9. The van der Waals surface area contributed by atoms with Crippen molar-refractivity contribution in [3.05, 3.63) is 47.0 Å². The van der Waals surface area contributed by atoms with Crippen LogP contribution in [-0.4, -0.2) is 20.8 Å². The molecule has 2 unspecified atom stereocenters. The quantitative estimate of drug-likeness (QED) is 0.935. The summed E-state index contributed by atoms with van der Waals surface area (Å²) in [6.07, 6.45) is 3.21. The van der Waals surface area contributed by atoms with Crippen LogP contribution in [0.3, 0.4) is 0 Å². The van der Waals surface area contributed by atoms with Gasteiger partial charge in [-0.2, -0.15) is 5.10 Å². The lowest BCUT2D eigenvalue weighted by molar-refractivity contribution is 0.451. The van der Waals surface area contributed by atoms with E-state index in [1.807, 2.05) is 31.2 Å². The lowest BCUT2D eigenvalue weighted by atomic mass is 10.0. The lowest BCUT2D eigenvalue weighted by Gasteiger charge is -2.22. The SMILES string of the molecule is CC(N)C(c1ccccc1Br)n1cncn1. The number of rotatable bonds is 3. The highest BCUT2D eigenvalue weighted by Gasteiger charge is 2.20. The smallest absolute Gasteiger partial charge is 0.137 e. The summed E-state index contributed by atoms with van der Waals surface area (Å²) in [5.41, 5.74) is 7.13. The van der Waals surface area contributed by atoms with E-state index >= 15 is 0 Å². The molecule has 2 rings (SSSR count). The molecule has 1 aromatic heterocycles. The molecule has 5 heteroatoms. The second-order valence-corrected chi connectivity index (χ2v) is 4.56. The van der Waals surface area contributed by atoms with Crippen LogP contribution in [0.4, 0.5) is 0 Å². The van der Waals surface area contributed by atoms with Gasteiger partial charge in [-0.15, -0.1) is 0 Å². The molecule has 84 valence electrons. The first-order valence-electron chi connectivity index (χ1n) is 5.04. The summed E-state index contributed by atoms with van der Waals surface area (Å²) in [5, 5.41) is 4.16. The summed E-state index contributed by atoms with van der Waals surface area (Å²) in [6, 6.07) is 7.97. The zero-order chi connectivity index (χ0) is 11.5. The molecule has 1 heterocycles. The van der Waals surface area contributed by atoms with Crippen LogP contribution in [-0.2, 0) is 0 Å². The fourth-order valence-corrected chi connectivity index (χ4v) is 2.26. The molecule has 16 heavy (non-hydrogen) atoms. The Kier molecular flexibility index (Phi) is 3.36. The van der Waals surface area contributed by atoms with Crippen molar-refractivity contribution in [3.63, 3.8) is 0 Å². The number of hydrogen-bond acceptors (Lipinski definition) is 3. The Morgan fingerprint density at radius 3 is 2.69 bits per heavy atom. The van der Waals surface area contributed by atoms with Crippen LogP contribution in [0.15, 0.2) is 41.4 Å². The monoisotopic (exact) mass is 280 g/mol. The maximum atomic E-state index is 6.02. The van der Waals surface area contributed by atoms with Crippen molar-refractivity contribution in [1.82, 2.24) is 14.8 Å². The first kappa shape index (κ1) is 11.3. The van der Waals surface area contributed by atoms with E-state index in [-0.39, 0.29) is 12.1 Å². The molecule has 0 saturated carbocycles. The Labute approximate surface area is 103 Å². The largest absolute Gasteiger partial charge is 0.326 e. The van der Waals surface area contributed by atoms with Crippen molar-refractivity contribution in [3.8, 4) is 0 Å². The lowest BCUT2D eigenvalue weighted by Crippen LogP contribution is -2.30. The number of nitrogens with zero attached hydrogens (tertiary/aromatic N) is 3. The second-order valence-electron chi connectivity index (χ2n) is 3.70. The minimum absolute atomic E-state index is 0.00178. The van der Waals surface area contributed by atoms with Crippen LogP contribution in [0.2, 0.25) is 0 Å². The van der Waals surface area contributed by atoms with Crippen LogP contribution in [0.25, 0.3) is 0 Å². The van der Waals surface area contributed by atoms with E-state index in [0.29, 0.717) is 0 Å². The normalized spacial score (nSPS) is 14.7. The molecule has 0 fully saturated rings. The highest BCUT2D eigenvalue weighted by Crippen LogP contribution is 2.27. The van der Waals surface area contributed by atoms with Gasteiger partial charge in [0.25, 0.3) is 0 Å². The van der Waals surface area contributed by atoms with E-state index in [0.717, 1.165) is 10.0 Å². The molecule has 4 nitrogen and oxygen atoms in total. The van der Waals surface area contributed by atoms with Gasteiger partial charge in [0.1, 0.15) is 12.7 Å². The fraction of sp³-hybridized carbons (Fsp3) is 0.273. The van der Waals surface area contributed by atoms with Crippen molar-refractivity contribution >= 4 is 15.9 Å². The van der Waals surface area contributed by atoms with Gasteiger partial charge >= 0.3 is 0 Å². The van der Waals surface area contributed by atoms with Crippen molar-refractivity contribution in [1.29, 1.82) is 0 Å². The zero-order valence-electron chi connectivity index (χ0n) is 8.92. The Balaban J connectivity index is 2.45. The molecule has 0 radical (unpaired) electrons. The van der Waals surface area contributed by atoms with Crippen molar-refractivity contribution in [2.45, 2.75) is 19.0 Å². The van der Waals surface area contributed by atoms with Gasteiger partial charge in [0, 0.05) is 10.5 Å². The van der Waals surface area contributed by atoms with Gasteiger partial charge < -0.3 is 5.73 Å². The van der Waals surface area contributed by atoms with E-state index < -0.39 is 0 Å². The first-order valence-corrected chi connectivity index (χ1v) is 5.83. The molecule has 0 amide bonds. The van der Waals surface area contributed by atoms with Gasteiger partial charge in [0.05, 0.1) is 6.04 Å². The van der Waals surface area contributed by atoms with E-state index in [9.17, 15) is 0 Å². The van der Waals surface area contributed by atoms with Gasteiger partial charge in [-0.25, -0.2) is 9.67 Å². The number of halogens is 1. The van der Waals surface area contributed by atoms with Gasteiger partial charge in [-0.1, -0.05) is 34.1 Å². The predicted octanol–water partition coefficient (Wildman–Crippen LogP) is 1.98. The summed E-state index contributed by atoms with van der Waals surface area (Å²) < 4.78 is 2.82. The van der Waals surface area contributed by atoms with Crippen LogP contribution >= 0.6 is 15.9 Å². The summed E-state index contributed by atoms with van der Waals surface area (Å²) in [7, 11) is 0. The van der Waals surface area contributed by atoms with Crippen LogP contribution < -0.4 is 5.73 Å². The molecule has 0 aliphatic carbocycles. The van der Waals surface area contributed by atoms with Gasteiger partial charge in [-0.05, 0) is 18.6 Å². The molecule has 0 spiro atoms. The summed E-state index contributed by atoms with van der Waals surface area (Å²) in [4.78, 5) is 3.96. The van der Waals surface area contributed by atoms with Crippen LogP contribution in [0.5, 0.6) is 0 Å². The summed E-state index contributed by atoms with van der Waals surface area (Å²) in [5.74, 6) is 0. The van der Waals surface area contributed by atoms with Gasteiger partial charge in [-0.3, -0.25) is 0 Å². The molecule has 0 aliphatic heterocycles. The molecular formula is C11H13BrN4. The molecular weight excluding hydrogens is 268 g/mol. The van der Waals surface area contributed by atoms with Gasteiger partial charge in [0.15, 0.2) is 0 Å². The van der Waals surface area contributed by atoms with Crippen molar-refractivity contribution in [2.24, 2.45) is 5.73 Å². The molecule has 0 bridgehead atoms. The number of nitrogens with two attached hydrogens (primary N) is 1. The Hall–Kier alpha value is -1.20. The third-order valence-corrected chi connectivity index (χ3v) is 3.17. The zero-order valence-corrected chi connectivity index (χ0v) is 10.5. The van der Waals surface area contributed by atoms with Crippen LogP contribution in [0.1, 0.15) is 18.5 Å². The van der Waals surface area contributed by atoms with Crippen LogP contribution in [0, 0.1) is 0 Å². The van der Waals surface area contributed by atoms with Crippen molar-refractivity contribution < 1.29 is 0 Å². The molecule has 2 aromatic rings. The minimum atomic E-state index is -0.0413. The summed E-state index contributed by atoms with van der Waals surface area (Å²) in [6.45, 7) is 1.96. The van der Waals surface area contributed by atoms with E-state index in [2.05, 4.69) is 26.0 Å². The maximum absolute atomic E-state index is 6.02. The molecule has 0 saturated heterocycles. The number of aromatic nitrogens is 3. The third-order valence-electron chi connectivity index (χ3n) is 2.44. The molecule has 2 atom stereocenters. The topological polar surface area (TPSA) is 56.7 Å². The van der Waals surface area contributed by atoms with E-state index in [4.69, 9.17) is 5.73 Å². The molecule has 0 aliphatic rings. The van der Waals surface area contributed by atoms with E-state index in [1.54, 1.807) is 11.0 Å². The average Bonchev–Trinajstić information content (AvgIpc) is 2.74. The fourth-order valence-electron chi connectivity index (χ4n) is 1.74. The molecule has 1 aromatic carbocycles. The Morgan fingerprint density at radius 1 is 1.38 bits per heavy atom. The van der Waals surface area contributed by atoms with Crippen molar-refractivity contribution in [2.75, 3.05) is 0 Å². The third kappa shape index (κ3) is 2.15. The maximum Gasteiger partial charge on any atom is 0.137 e. The number of benzene rings is 1. The highest BCUT2D eigenvalue weighted by molar-refractivity contribution is 9.10. The standard InChI is InChI=1S/C11H13BrN4/c1-8(13)11(16-7-14-6-15-16)9-4-2-3-5-10(9)12/h2-8,11H,13H2,1H3. The van der Waals surface area contributed by atoms with E-state index in [1.165, 1.54) is 6.33 Å². The average molecular weight is 281 g/mol. The second kappa shape index (κ2) is 4.76. The predicted molar refractivity (Wildman–Crippen MR) is 66.0 cm³/mol. The summed E-state index contributed by atoms with van der Waals surface area (Å²) >= 11 is 3.53.